The molecule has 0 atom stereocenters. The quantitative estimate of drug-likeness (QED) is 0.824. The summed E-state index contributed by atoms with van der Waals surface area (Å²) in [6.45, 7) is 1.50. The zero-order chi connectivity index (χ0) is 13.3. The van der Waals surface area contributed by atoms with Crippen molar-refractivity contribution in [3.63, 3.8) is 0 Å². The van der Waals surface area contributed by atoms with Gasteiger partial charge < -0.3 is 5.11 Å². The Morgan fingerprint density at radius 3 is 2.44 bits per heavy atom. The lowest BCUT2D eigenvalue weighted by molar-refractivity contribution is 0.0689. The average Bonchev–Trinajstić information content (AvgIpc) is 2.34. The van der Waals surface area contributed by atoms with E-state index >= 15 is 0 Å². The fraction of sp³-hybridized carbons (Fsp3) is 0.538. The number of halogens is 2. The van der Waals surface area contributed by atoms with E-state index in [1.165, 1.54) is 6.92 Å². The van der Waals surface area contributed by atoms with Crippen LogP contribution in [0.2, 0.25) is 0 Å². The summed E-state index contributed by atoms with van der Waals surface area (Å²) in [7, 11) is 0. The highest BCUT2D eigenvalue weighted by Gasteiger charge is 2.27. The van der Waals surface area contributed by atoms with Crippen molar-refractivity contribution in [3.8, 4) is 0 Å². The molecule has 1 N–H and O–H groups in total. The number of carboxylic acid groups (broad SMARTS) is 1. The van der Waals surface area contributed by atoms with Crippen molar-refractivity contribution in [3.05, 3.63) is 28.6 Å². The molecule has 0 radical (unpaired) electrons. The molecular weight excluding hydrogens is 240 g/mol. The second-order valence-electron chi connectivity index (χ2n) is 4.74. The summed E-state index contributed by atoms with van der Waals surface area (Å²) in [5.41, 5.74) is 0.0855. The Morgan fingerprint density at radius 1 is 1.28 bits per heavy atom. The minimum Gasteiger partial charge on any atom is -0.478 e. The van der Waals surface area contributed by atoms with E-state index in [9.17, 15) is 13.6 Å². The number of aromatic carboxylic acids is 1. The van der Waals surface area contributed by atoms with Crippen molar-refractivity contribution < 1.29 is 18.7 Å². The molecule has 1 saturated carbocycles. The zero-order valence-electron chi connectivity index (χ0n) is 10.2. The van der Waals surface area contributed by atoms with Gasteiger partial charge in [0.05, 0.1) is 5.69 Å². The maximum atomic E-state index is 13.4. The molecule has 0 spiro atoms. The number of rotatable bonds is 2. The Labute approximate surface area is 104 Å². The van der Waals surface area contributed by atoms with E-state index < -0.39 is 23.3 Å². The van der Waals surface area contributed by atoms with E-state index in [1.807, 2.05) is 0 Å². The van der Waals surface area contributed by atoms with Gasteiger partial charge in [0, 0.05) is 5.92 Å². The predicted molar refractivity (Wildman–Crippen MR) is 61.7 cm³/mol. The van der Waals surface area contributed by atoms with Crippen LogP contribution >= 0.6 is 0 Å². The molecule has 1 aromatic heterocycles. The third kappa shape index (κ3) is 2.21. The number of aromatic nitrogens is 1. The van der Waals surface area contributed by atoms with E-state index in [0.29, 0.717) is 5.69 Å². The summed E-state index contributed by atoms with van der Waals surface area (Å²) in [5.74, 6) is -4.06. The van der Waals surface area contributed by atoms with Gasteiger partial charge in [0.25, 0.3) is 0 Å². The van der Waals surface area contributed by atoms with Crippen LogP contribution in [0.1, 0.15) is 59.6 Å². The lowest BCUT2D eigenvalue weighted by atomic mass is 9.84. The number of hydrogen-bond donors (Lipinski definition) is 1. The van der Waals surface area contributed by atoms with Crippen LogP contribution in [-0.2, 0) is 0 Å². The van der Waals surface area contributed by atoms with Gasteiger partial charge in [-0.15, -0.1) is 0 Å². The van der Waals surface area contributed by atoms with Gasteiger partial charge in [-0.1, -0.05) is 19.3 Å². The number of nitrogens with zero attached hydrogens (tertiary/aromatic N) is 1. The van der Waals surface area contributed by atoms with Crippen LogP contribution in [0.25, 0.3) is 0 Å². The number of hydrogen-bond acceptors (Lipinski definition) is 2. The summed E-state index contributed by atoms with van der Waals surface area (Å²) in [4.78, 5) is 14.6. The average molecular weight is 255 g/mol. The van der Waals surface area contributed by atoms with Gasteiger partial charge in [-0.25, -0.2) is 14.2 Å². The molecule has 0 aliphatic heterocycles. The molecule has 1 fully saturated rings. The predicted octanol–water partition coefficient (Wildman–Crippen LogP) is 3.41. The molecule has 0 unspecified atom stereocenters. The molecule has 98 valence electrons. The number of carboxylic acids is 1. The topological polar surface area (TPSA) is 50.2 Å². The van der Waals surface area contributed by atoms with Crippen molar-refractivity contribution in [1.29, 1.82) is 0 Å². The third-order valence-electron chi connectivity index (χ3n) is 3.58. The summed E-state index contributed by atoms with van der Waals surface area (Å²) in [5, 5.41) is 8.96. The molecule has 5 heteroatoms. The molecule has 0 aromatic carbocycles. The molecule has 0 saturated heterocycles. The van der Waals surface area contributed by atoms with Crippen molar-refractivity contribution in [1.82, 2.24) is 4.98 Å². The number of carbonyl (C=O) groups is 1. The largest absolute Gasteiger partial charge is 0.478 e. The highest BCUT2D eigenvalue weighted by atomic mass is 19.2. The minimum atomic E-state index is -1.44. The first kappa shape index (κ1) is 12.9. The molecule has 18 heavy (non-hydrogen) atoms. The van der Waals surface area contributed by atoms with E-state index in [-0.39, 0.29) is 11.5 Å². The molecule has 1 aliphatic carbocycles. The van der Waals surface area contributed by atoms with Crippen molar-refractivity contribution in [2.75, 3.05) is 0 Å². The fourth-order valence-electron chi connectivity index (χ4n) is 2.66. The van der Waals surface area contributed by atoms with E-state index in [4.69, 9.17) is 5.11 Å². The van der Waals surface area contributed by atoms with Gasteiger partial charge in [-0.2, -0.15) is 4.39 Å². The second-order valence-corrected chi connectivity index (χ2v) is 4.74. The van der Waals surface area contributed by atoms with Crippen LogP contribution in [-0.4, -0.2) is 16.1 Å². The zero-order valence-corrected chi connectivity index (χ0v) is 10.2. The summed E-state index contributed by atoms with van der Waals surface area (Å²) >= 11 is 0. The van der Waals surface area contributed by atoms with Crippen LogP contribution in [0.15, 0.2) is 0 Å². The normalized spacial score (nSPS) is 16.8. The minimum absolute atomic E-state index is 0.0481. The smallest absolute Gasteiger partial charge is 0.339 e. The van der Waals surface area contributed by atoms with E-state index in [0.717, 1.165) is 32.1 Å². The van der Waals surface area contributed by atoms with E-state index in [1.54, 1.807) is 0 Å². The van der Waals surface area contributed by atoms with Crippen LogP contribution in [0.3, 0.4) is 0 Å². The third-order valence-corrected chi connectivity index (χ3v) is 3.58. The lowest BCUT2D eigenvalue weighted by Gasteiger charge is -2.23. The molecule has 0 amide bonds. The number of pyridine rings is 1. The molecule has 1 aromatic rings. The van der Waals surface area contributed by atoms with Crippen LogP contribution < -0.4 is 0 Å². The van der Waals surface area contributed by atoms with Gasteiger partial charge in [0.2, 0.25) is 5.95 Å². The van der Waals surface area contributed by atoms with Gasteiger partial charge >= 0.3 is 5.97 Å². The molecule has 1 aliphatic rings. The first-order valence-corrected chi connectivity index (χ1v) is 6.11. The molecule has 2 rings (SSSR count). The highest BCUT2D eigenvalue weighted by Crippen LogP contribution is 2.34. The highest BCUT2D eigenvalue weighted by molar-refractivity contribution is 5.89. The van der Waals surface area contributed by atoms with Crippen molar-refractivity contribution >= 4 is 5.97 Å². The van der Waals surface area contributed by atoms with Crippen LogP contribution in [0.5, 0.6) is 0 Å². The van der Waals surface area contributed by atoms with Crippen molar-refractivity contribution in [2.45, 2.75) is 44.9 Å². The SMILES string of the molecule is Cc1c(C2CCCCC2)nc(F)c(F)c1C(=O)O. The van der Waals surface area contributed by atoms with Gasteiger partial charge in [-0.05, 0) is 25.3 Å². The first-order valence-electron chi connectivity index (χ1n) is 6.11. The van der Waals surface area contributed by atoms with Crippen LogP contribution in [0, 0.1) is 18.7 Å². The Balaban J connectivity index is 2.50. The standard InChI is InChI=1S/C13H15F2NO2/c1-7-9(13(17)18)10(14)12(15)16-11(7)8-5-3-2-4-6-8/h8H,2-6H2,1H3,(H,17,18). The molecule has 0 bridgehead atoms. The van der Waals surface area contributed by atoms with Crippen LogP contribution in [0.4, 0.5) is 8.78 Å². The summed E-state index contributed by atoms with van der Waals surface area (Å²) in [6.07, 6.45) is 4.89. The molecular formula is C13H15F2NO2. The fourth-order valence-corrected chi connectivity index (χ4v) is 2.66. The lowest BCUT2D eigenvalue weighted by Crippen LogP contribution is -2.16. The Bertz CT molecular complexity index is 482. The Morgan fingerprint density at radius 2 is 1.89 bits per heavy atom. The summed E-state index contributed by atoms with van der Waals surface area (Å²) < 4.78 is 26.8. The second kappa shape index (κ2) is 5.00. The van der Waals surface area contributed by atoms with Gasteiger partial charge in [0.1, 0.15) is 5.56 Å². The first-order chi connectivity index (χ1) is 8.52. The van der Waals surface area contributed by atoms with E-state index in [2.05, 4.69) is 4.98 Å². The van der Waals surface area contributed by atoms with Gasteiger partial charge in [0.15, 0.2) is 5.82 Å². The Kier molecular flexibility index (Phi) is 3.59. The Hall–Kier alpha value is -1.52. The molecule has 1 heterocycles. The summed E-state index contributed by atoms with van der Waals surface area (Å²) in [6, 6.07) is 0. The van der Waals surface area contributed by atoms with Crippen molar-refractivity contribution in [2.24, 2.45) is 0 Å². The molecule has 3 nitrogen and oxygen atoms in total. The maximum absolute atomic E-state index is 13.4. The maximum Gasteiger partial charge on any atom is 0.339 e. The van der Waals surface area contributed by atoms with Gasteiger partial charge in [-0.3, -0.25) is 0 Å². The monoisotopic (exact) mass is 255 g/mol.